The average Bonchev–Trinajstić information content (AvgIpc) is 2.69. The molecule has 0 amide bonds. The van der Waals surface area contributed by atoms with E-state index in [0.717, 1.165) is 14.7 Å². The van der Waals surface area contributed by atoms with Crippen LogP contribution in [0, 0.1) is 9.39 Å². The molecule has 6 heteroatoms. The molecule has 3 nitrogen and oxygen atoms in total. The molecule has 102 valence electrons. The Morgan fingerprint density at radius 3 is 2.80 bits per heavy atom. The third-order valence-electron chi connectivity index (χ3n) is 2.96. The first kappa shape index (κ1) is 13.8. The van der Waals surface area contributed by atoms with Crippen LogP contribution in [-0.2, 0) is 6.54 Å². The molecule has 2 aromatic carbocycles. The SMILES string of the molecule is O=c1oc2cc(I)ccc2n1Cc1ccc(F)c(Br)c1. The highest BCUT2D eigenvalue weighted by Crippen LogP contribution is 2.20. The maximum Gasteiger partial charge on any atom is 0.420 e. The van der Waals surface area contributed by atoms with Gasteiger partial charge in [0.05, 0.1) is 16.5 Å². The van der Waals surface area contributed by atoms with E-state index in [9.17, 15) is 9.18 Å². The van der Waals surface area contributed by atoms with E-state index in [1.807, 2.05) is 18.2 Å². The lowest BCUT2D eigenvalue weighted by molar-refractivity contribution is 0.517. The van der Waals surface area contributed by atoms with Crippen LogP contribution in [0.15, 0.2) is 50.1 Å². The van der Waals surface area contributed by atoms with E-state index in [2.05, 4.69) is 38.5 Å². The summed E-state index contributed by atoms with van der Waals surface area (Å²) in [6.07, 6.45) is 0. The highest BCUT2D eigenvalue weighted by molar-refractivity contribution is 14.1. The lowest BCUT2D eigenvalue weighted by Crippen LogP contribution is -2.14. The van der Waals surface area contributed by atoms with Crippen LogP contribution in [0.2, 0.25) is 0 Å². The van der Waals surface area contributed by atoms with E-state index in [-0.39, 0.29) is 5.82 Å². The van der Waals surface area contributed by atoms with E-state index in [1.165, 1.54) is 10.6 Å². The third kappa shape index (κ3) is 2.54. The van der Waals surface area contributed by atoms with E-state index < -0.39 is 5.76 Å². The number of hydrogen-bond acceptors (Lipinski definition) is 2. The van der Waals surface area contributed by atoms with Gasteiger partial charge in [0.15, 0.2) is 5.58 Å². The highest BCUT2D eigenvalue weighted by Gasteiger charge is 2.10. The average molecular weight is 448 g/mol. The molecule has 0 aliphatic rings. The van der Waals surface area contributed by atoms with Gasteiger partial charge in [-0.05, 0) is 74.4 Å². The largest absolute Gasteiger partial charge is 0.420 e. The molecule has 1 heterocycles. The van der Waals surface area contributed by atoms with Crippen molar-refractivity contribution in [2.24, 2.45) is 0 Å². The first-order valence-corrected chi connectivity index (χ1v) is 7.64. The van der Waals surface area contributed by atoms with Gasteiger partial charge in [-0.3, -0.25) is 4.57 Å². The van der Waals surface area contributed by atoms with Gasteiger partial charge >= 0.3 is 5.76 Å². The molecule has 0 saturated carbocycles. The minimum absolute atomic E-state index is 0.326. The zero-order valence-electron chi connectivity index (χ0n) is 10.1. The number of halogens is 3. The summed E-state index contributed by atoms with van der Waals surface area (Å²) in [6.45, 7) is 0.339. The molecular weight excluding hydrogens is 440 g/mol. The number of hydrogen-bond donors (Lipinski definition) is 0. The molecular formula is C14H8BrFINO2. The molecule has 0 fully saturated rings. The number of fused-ring (bicyclic) bond motifs is 1. The maximum atomic E-state index is 13.2. The second-order valence-corrected chi connectivity index (χ2v) is 6.41. The summed E-state index contributed by atoms with van der Waals surface area (Å²) in [5, 5.41) is 0. The number of aromatic nitrogens is 1. The van der Waals surface area contributed by atoms with Gasteiger partial charge in [0.1, 0.15) is 5.82 Å². The standard InChI is InChI=1S/C14H8BrFINO2/c15-10-5-8(1-3-11(10)16)7-18-12-4-2-9(17)6-13(12)20-14(18)19/h1-6H,7H2. The first-order valence-electron chi connectivity index (χ1n) is 5.77. The zero-order chi connectivity index (χ0) is 14.3. The Labute approximate surface area is 135 Å². The van der Waals surface area contributed by atoms with Gasteiger partial charge in [-0.1, -0.05) is 6.07 Å². The zero-order valence-corrected chi connectivity index (χ0v) is 13.8. The van der Waals surface area contributed by atoms with Crippen molar-refractivity contribution in [3.8, 4) is 0 Å². The maximum absolute atomic E-state index is 13.2. The predicted octanol–water partition coefficient (Wildman–Crippen LogP) is 4.15. The van der Waals surface area contributed by atoms with Crippen molar-refractivity contribution < 1.29 is 8.81 Å². The fourth-order valence-electron chi connectivity index (χ4n) is 2.01. The van der Waals surface area contributed by atoms with Gasteiger partial charge in [-0.15, -0.1) is 0 Å². The molecule has 0 saturated heterocycles. The molecule has 0 unspecified atom stereocenters. The van der Waals surface area contributed by atoms with Gasteiger partial charge in [0.2, 0.25) is 0 Å². The summed E-state index contributed by atoms with van der Waals surface area (Å²) in [5.41, 5.74) is 2.11. The normalized spacial score (nSPS) is 11.2. The van der Waals surface area contributed by atoms with Gasteiger partial charge in [0.25, 0.3) is 0 Å². The minimum atomic E-state index is -0.414. The molecule has 3 rings (SSSR count). The van der Waals surface area contributed by atoms with E-state index in [0.29, 0.717) is 16.6 Å². The van der Waals surface area contributed by atoms with Crippen LogP contribution in [0.5, 0.6) is 0 Å². The number of oxazole rings is 1. The third-order valence-corrected chi connectivity index (χ3v) is 4.23. The molecule has 0 aliphatic heterocycles. The second kappa shape index (κ2) is 5.33. The Bertz CT molecular complexity index is 856. The fraction of sp³-hybridized carbons (Fsp3) is 0.0714. The van der Waals surface area contributed by atoms with Crippen molar-refractivity contribution in [3.05, 3.63) is 66.4 Å². The number of benzene rings is 2. The van der Waals surface area contributed by atoms with Crippen molar-refractivity contribution in [1.29, 1.82) is 0 Å². The minimum Gasteiger partial charge on any atom is -0.408 e. The van der Waals surface area contributed by atoms with E-state index in [1.54, 1.807) is 12.1 Å². The van der Waals surface area contributed by atoms with Crippen LogP contribution in [0.3, 0.4) is 0 Å². The lowest BCUT2D eigenvalue weighted by atomic mass is 10.2. The van der Waals surface area contributed by atoms with Crippen molar-refractivity contribution in [1.82, 2.24) is 4.57 Å². The highest BCUT2D eigenvalue weighted by atomic mass is 127. The Kier molecular flexibility index (Phi) is 3.68. The molecule has 0 spiro atoms. The van der Waals surface area contributed by atoms with Crippen LogP contribution in [0.25, 0.3) is 11.1 Å². The molecule has 1 aromatic heterocycles. The van der Waals surface area contributed by atoms with Gasteiger partial charge in [0, 0.05) is 3.57 Å². The smallest absolute Gasteiger partial charge is 0.408 e. The van der Waals surface area contributed by atoms with E-state index in [4.69, 9.17) is 4.42 Å². The quantitative estimate of drug-likeness (QED) is 0.553. The van der Waals surface area contributed by atoms with Gasteiger partial charge in [-0.25, -0.2) is 9.18 Å². The Morgan fingerprint density at radius 2 is 2.05 bits per heavy atom. The van der Waals surface area contributed by atoms with Crippen LogP contribution < -0.4 is 5.76 Å². The molecule has 0 N–H and O–H groups in total. The molecule has 0 radical (unpaired) electrons. The molecule has 0 atom stereocenters. The summed E-state index contributed by atoms with van der Waals surface area (Å²) in [5.74, 6) is -0.741. The van der Waals surface area contributed by atoms with Crippen LogP contribution in [0.1, 0.15) is 5.56 Å². The van der Waals surface area contributed by atoms with Crippen molar-refractivity contribution in [2.75, 3.05) is 0 Å². The van der Waals surface area contributed by atoms with Gasteiger partial charge in [-0.2, -0.15) is 0 Å². The van der Waals surface area contributed by atoms with Crippen molar-refractivity contribution in [3.63, 3.8) is 0 Å². The Morgan fingerprint density at radius 1 is 1.25 bits per heavy atom. The van der Waals surface area contributed by atoms with Crippen molar-refractivity contribution >= 4 is 49.6 Å². The van der Waals surface area contributed by atoms with Crippen LogP contribution >= 0.6 is 38.5 Å². The topological polar surface area (TPSA) is 35.1 Å². The molecule has 0 aliphatic carbocycles. The lowest BCUT2D eigenvalue weighted by Gasteiger charge is -2.04. The van der Waals surface area contributed by atoms with Crippen molar-refractivity contribution in [2.45, 2.75) is 6.54 Å². The van der Waals surface area contributed by atoms with Gasteiger partial charge < -0.3 is 4.42 Å². The molecule has 20 heavy (non-hydrogen) atoms. The number of rotatable bonds is 2. The first-order chi connectivity index (χ1) is 9.54. The molecule has 3 aromatic rings. The molecule has 0 bridgehead atoms. The fourth-order valence-corrected chi connectivity index (χ4v) is 2.90. The monoisotopic (exact) mass is 447 g/mol. The number of nitrogens with zero attached hydrogens (tertiary/aromatic N) is 1. The Hall–Kier alpha value is -1.15. The second-order valence-electron chi connectivity index (χ2n) is 4.31. The summed E-state index contributed by atoms with van der Waals surface area (Å²) in [6, 6.07) is 10.3. The summed E-state index contributed by atoms with van der Waals surface area (Å²) in [4.78, 5) is 11.9. The summed E-state index contributed by atoms with van der Waals surface area (Å²) >= 11 is 5.30. The van der Waals surface area contributed by atoms with Crippen LogP contribution in [-0.4, -0.2) is 4.57 Å². The Balaban J connectivity index is 2.08. The van der Waals surface area contributed by atoms with E-state index >= 15 is 0 Å². The van der Waals surface area contributed by atoms with Crippen LogP contribution in [0.4, 0.5) is 4.39 Å². The summed E-state index contributed by atoms with van der Waals surface area (Å²) < 4.78 is 21.4. The summed E-state index contributed by atoms with van der Waals surface area (Å²) in [7, 11) is 0. The predicted molar refractivity (Wildman–Crippen MR) is 86.4 cm³/mol.